The van der Waals surface area contributed by atoms with Gasteiger partial charge < -0.3 is 9.64 Å². The van der Waals surface area contributed by atoms with Crippen molar-refractivity contribution in [1.29, 1.82) is 0 Å². The smallest absolute Gasteiger partial charge is 0.264 e. The number of ether oxygens (including phenoxy) is 1. The fourth-order valence-electron chi connectivity index (χ4n) is 2.75. The molecule has 0 bridgehead atoms. The first-order chi connectivity index (χ1) is 12.5. The lowest BCUT2D eigenvalue weighted by molar-refractivity contribution is -0.127. The first-order valence-corrected chi connectivity index (χ1v) is 9.52. The van der Waals surface area contributed by atoms with Crippen molar-refractivity contribution in [1.82, 2.24) is 0 Å². The van der Waals surface area contributed by atoms with Gasteiger partial charge in [-0.25, -0.2) is 17.2 Å². The van der Waals surface area contributed by atoms with Gasteiger partial charge in [0.1, 0.15) is 28.9 Å². The van der Waals surface area contributed by atoms with Gasteiger partial charge in [-0.1, -0.05) is 0 Å². The Hall–Kier alpha value is -2.68. The van der Waals surface area contributed by atoms with Gasteiger partial charge in [0.05, 0.1) is 16.8 Å². The molecule has 9 heteroatoms. The van der Waals surface area contributed by atoms with E-state index < -0.39 is 32.0 Å². The molecule has 1 aliphatic heterocycles. The molecule has 3 rings (SSSR count). The van der Waals surface area contributed by atoms with E-state index in [1.54, 1.807) is 20.9 Å². The van der Waals surface area contributed by atoms with E-state index in [9.17, 15) is 22.0 Å². The molecule has 0 saturated heterocycles. The van der Waals surface area contributed by atoms with Crippen LogP contribution in [0.15, 0.2) is 41.3 Å². The second kappa shape index (κ2) is 6.49. The molecule has 1 heterocycles. The number of rotatable bonds is 3. The van der Waals surface area contributed by atoms with Crippen molar-refractivity contribution in [3.05, 3.63) is 48.0 Å². The Morgan fingerprint density at radius 2 is 1.85 bits per heavy atom. The summed E-state index contributed by atoms with van der Waals surface area (Å²) in [5.74, 6) is -1.84. The molecule has 0 aromatic heterocycles. The highest BCUT2D eigenvalue weighted by Gasteiger charge is 2.36. The lowest BCUT2D eigenvalue weighted by Crippen LogP contribution is -2.39. The SMILES string of the molecule is CN1C(=O)C(C)(C)COc2ccc(NS(=O)(=O)c3ccc(F)cc3F)cc21. The van der Waals surface area contributed by atoms with Crippen LogP contribution in [-0.4, -0.2) is 28.0 Å². The Morgan fingerprint density at radius 3 is 2.52 bits per heavy atom. The third-order valence-corrected chi connectivity index (χ3v) is 5.64. The van der Waals surface area contributed by atoms with Crippen LogP contribution in [0.5, 0.6) is 5.75 Å². The third kappa shape index (κ3) is 3.59. The fourth-order valence-corrected chi connectivity index (χ4v) is 3.86. The summed E-state index contributed by atoms with van der Waals surface area (Å²) in [6, 6.07) is 6.59. The van der Waals surface area contributed by atoms with Crippen LogP contribution in [0.25, 0.3) is 0 Å². The monoisotopic (exact) mass is 396 g/mol. The summed E-state index contributed by atoms with van der Waals surface area (Å²) in [6.07, 6.45) is 0. The van der Waals surface area contributed by atoms with Crippen molar-refractivity contribution < 1.29 is 26.7 Å². The van der Waals surface area contributed by atoms with Gasteiger partial charge in [-0.3, -0.25) is 9.52 Å². The molecule has 2 aromatic carbocycles. The summed E-state index contributed by atoms with van der Waals surface area (Å²) >= 11 is 0. The lowest BCUT2D eigenvalue weighted by atomic mass is 9.93. The number of nitrogens with one attached hydrogen (secondary N) is 1. The van der Waals surface area contributed by atoms with E-state index in [4.69, 9.17) is 4.74 Å². The number of hydrogen-bond donors (Lipinski definition) is 1. The summed E-state index contributed by atoms with van der Waals surface area (Å²) in [4.78, 5) is 13.3. The number of halogens is 2. The van der Waals surface area contributed by atoms with Gasteiger partial charge in [0, 0.05) is 13.1 Å². The zero-order valence-corrected chi connectivity index (χ0v) is 15.7. The molecule has 1 amide bonds. The van der Waals surface area contributed by atoms with Gasteiger partial charge in [0.25, 0.3) is 10.0 Å². The van der Waals surface area contributed by atoms with Gasteiger partial charge >= 0.3 is 0 Å². The van der Waals surface area contributed by atoms with Crippen molar-refractivity contribution in [3.63, 3.8) is 0 Å². The van der Waals surface area contributed by atoms with Crippen molar-refractivity contribution in [2.75, 3.05) is 23.3 Å². The van der Waals surface area contributed by atoms with Crippen LogP contribution in [0.1, 0.15) is 13.8 Å². The predicted octanol–water partition coefficient (Wildman–Crippen LogP) is 3.15. The van der Waals surface area contributed by atoms with Gasteiger partial charge in [-0.2, -0.15) is 0 Å². The Labute approximate surface area is 155 Å². The van der Waals surface area contributed by atoms with E-state index in [0.29, 0.717) is 17.5 Å². The number of sulfonamides is 1. The Kier molecular flexibility index (Phi) is 4.59. The molecule has 1 N–H and O–H groups in total. The van der Waals surface area contributed by atoms with Gasteiger partial charge in [-0.15, -0.1) is 0 Å². The van der Waals surface area contributed by atoms with E-state index in [0.717, 1.165) is 12.1 Å². The first kappa shape index (κ1) is 19.1. The minimum absolute atomic E-state index is 0.112. The van der Waals surface area contributed by atoms with Crippen molar-refractivity contribution >= 4 is 27.3 Å². The molecule has 2 aromatic rings. The van der Waals surface area contributed by atoms with Crippen LogP contribution in [0, 0.1) is 17.0 Å². The molecule has 1 aliphatic rings. The van der Waals surface area contributed by atoms with E-state index >= 15 is 0 Å². The average Bonchev–Trinajstić information content (AvgIpc) is 2.65. The van der Waals surface area contributed by atoms with Crippen molar-refractivity contribution in [2.24, 2.45) is 5.41 Å². The van der Waals surface area contributed by atoms with Crippen LogP contribution < -0.4 is 14.4 Å². The van der Waals surface area contributed by atoms with E-state index in [2.05, 4.69) is 4.72 Å². The van der Waals surface area contributed by atoms with Crippen LogP contribution in [-0.2, 0) is 14.8 Å². The van der Waals surface area contributed by atoms with Gasteiger partial charge in [-0.05, 0) is 44.2 Å². The fraction of sp³-hybridized carbons (Fsp3) is 0.278. The maximum absolute atomic E-state index is 13.8. The zero-order valence-electron chi connectivity index (χ0n) is 14.9. The normalized spacial score (nSPS) is 16.3. The second-order valence-corrected chi connectivity index (χ2v) is 8.55. The van der Waals surface area contributed by atoms with E-state index in [1.807, 2.05) is 0 Å². The first-order valence-electron chi connectivity index (χ1n) is 8.04. The van der Waals surface area contributed by atoms with E-state index in [-0.39, 0.29) is 18.2 Å². The molecule has 0 spiro atoms. The second-order valence-electron chi connectivity index (χ2n) is 6.90. The number of carbonyl (C=O) groups excluding carboxylic acids is 1. The molecule has 144 valence electrons. The number of hydrogen-bond acceptors (Lipinski definition) is 4. The molecule has 27 heavy (non-hydrogen) atoms. The maximum atomic E-state index is 13.8. The molecule has 0 saturated carbocycles. The van der Waals surface area contributed by atoms with Gasteiger partial charge in [0.15, 0.2) is 0 Å². The van der Waals surface area contributed by atoms with Crippen molar-refractivity contribution in [2.45, 2.75) is 18.7 Å². The standard InChI is InChI=1S/C18H18F2N2O4S/c1-18(2)10-26-15-6-5-12(9-14(15)22(3)17(18)23)21-27(24,25)16-7-4-11(19)8-13(16)20/h4-9,21H,10H2,1-3H3. The zero-order chi connectivity index (χ0) is 20.0. The van der Waals surface area contributed by atoms with E-state index in [1.165, 1.54) is 23.1 Å². The molecule has 0 radical (unpaired) electrons. The molecular formula is C18H18F2N2O4S. The molecule has 0 atom stereocenters. The summed E-state index contributed by atoms with van der Waals surface area (Å²) in [5, 5.41) is 0. The number of fused-ring (bicyclic) bond motifs is 1. The summed E-state index contributed by atoms with van der Waals surface area (Å²) in [6.45, 7) is 3.67. The Balaban J connectivity index is 1.96. The summed E-state index contributed by atoms with van der Waals surface area (Å²) in [5.41, 5.74) is -0.254. The summed E-state index contributed by atoms with van der Waals surface area (Å²) < 4.78 is 59.6. The summed E-state index contributed by atoms with van der Waals surface area (Å²) in [7, 11) is -2.72. The average molecular weight is 396 g/mol. The largest absolute Gasteiger partial charge is 0.490 e. The molecule has 0 unspecified atom stereocenters. The Morgan fingerprint density at radius 1 is 1.15 bits per heavy atom. The van der Waals surface area contributed by atoms with Gasteiger partial charge in [0.2, 0.25) is 5.91 Å². The topological polar surface area (TPSA) is 75.7 Å². The van der Waals surface area contributed by atoms with Crippen LogP contribution in [0.2, 0.25) is 0 Å². The molecular weight excluding hydrogens is 378 g/mol. The number of anilines is 2. The van der Waals surface area contributed by atoms with Crippen LogP contribution in [0.4, 0.5) is 20.2 Å². The lowest BCUT2D eigenvalue weighted by Gasteiger charge is -2.24. The van der Waals surface area contributed by atoms with Crippen LogP contribution in [0.3, 0.4) is 0 Å². The number of carbonyl (C=O) groups is 1. The minimum atomic E-state index is -4.29. The molecule has 0 fully saturated rings. The van der Waals surface area contributed by atoms with Crippen molar-refractivity contribution in [3.8, 4) is 5.75 Å². The Bertz CT molecular complexity index is 1020. The number of nitrogens with zero attached hydrogens (tertiary/aromatic N) is 1. The minimum Gasteiger partial charge on any atom is -0.490 e. The number of amides is 1. The maximum Gasteiger partial charge on any atom is 0.264 e. The molecule has 0 aliphatic carbocycles. The quantitative estimate of drug-likeness (QED) is 0.865. The highest BCUT2D eigenvalue weighted by molar-refractivity contribution is 7.92. The van der Waals surface area contributed by atoms with Crippen LogP contribution >= 0.6 is 0 Å². The third-order valence-electron chi connectivity index (χ3n) is 4.23. The highest BCUT2D eigenvalue weighted by Crippen LogP contribution is 2.37. The predicted molar refractivity (Wildman–Crippen MR) is 96.3 cm³/mol. The molecule has 6 nitrogen and oxygen atoms in total. The highest BCUT2D eigenvalue weighted by atomic mass is 32.2. The number of benzene rings is 2.